The molecule has 0 spiro atoms. The highest BCUT2D eigenvalue weighted by molar-refractivity contribution is 5.64. The predicted molar refractivity (Wildman–Crippen MR) is 46.8 cm³/mol. The minimum Gasteiger partial charge on any atom is -0.550 e. The van der Waals surface area contributed by atoms with Gasteiger partial charge >= 0.3 is 0 Å². The Bertz CT molecular complexity index is 259. The van der Waals surface area contributed by atoms with E-state index in [-0.39, 0.29) is 6.42 Å². The summed E-state index contributed by atoms with van der Waals surface area (Å²) in [6.07, 6.45) is 6.13. The van der Waals surface area contributed by atoms with Crippen molar-refractivity contribution < 1.29 is 9.90 Å². The van der Waals surface area contributed by atoms with E-state index in [1.165, 1.54) is 0 Å². The second kappa shape index (κ2) is 5.30. The number of pyridine rings is 1. The summed E-state index contributed by atoms with van der Waals surface area (Å²) in [6.45, 7) is 0. The Kier molecular flexibility index (Phi) is 3.96. The first-order valence-corrected chi connectivity index (χ1v) is 4.38. The molecule has 0 atom stereocenters. The summed E-state index contributed by atoms with van der Waals surface area (Å²) in [6, 6.07) is 3.88. The van der Waals surface area contributed by atoms with Gasteiger partial charge in [-0.2, -0.15) is 0 Å². The molecule has 3 nitrogen and oxygen atoms in total. The summed E-state index contributed by atoms with van der Waals surface area (Å²) in [4.78, 5) is 14.1. The third kappa shape index (κ3) is 4.25. The summed E-state index contributed by atoms with van der Waals surface area (Å²) < 4.78 is 0. The fraction of sp³-hybridized carbons (Fsp3) is 0.400. The van der Waals surface area contributed by atoms with Gasteiger partial charge in [0.25, 0.3) is 0 Å². The Hall–Kier alpha value is -1.38. The van der Waals surface area contributed by atoms with Crippen LogP contribution in [0, 0.1) is 0 Å². The van der Waals surface area contributed by atoms with Crippen LogP contribution in [0.5, 0.6) is 0 Å². The normalized spacial score (nSPS) is 9.85. The Balaban J connectivity index is 2.17. The number of unbranched alkanes of at least 4 members (excludes halogenated alkanes) is 1. The van der Waals surface area contributed by atoms with E-state index in [9.17, 15) is 9.90 Å². The molecule has 1 aromatic heterocycles. The highest BCUT2D eigenvalue weighted by Gasteiger charge is 1.92. The van der Waals surface area contributed by atoms with Crippen molar-refractivity contribution in [2.45, 2.75) is 25.7 Å². The molecule has 0 amide bonds. The molecule has 1 rings (SSSR count). The van der Waals surface area contributed by atoms with Gasteiger partial charge in [-0.05, 0) is 37.3 Å². The van der Waals surface area contributed by atoms with Crippen LogP contribution in [0.4, 0.5) is 0 Å². The van der Waals surface area contributed by atoms with Crippen LogP contribution in [0.3, 0.4) is 0 Å². The summed E-state index contributed by atoms with van der Waals surface area (Å²) in [5.74, 6) is -0.966. The molecular formula is C10H12NO2-. The van der Waals surface area contributed by atoms with Crippen LogP contribution < -0.4 is 5.11 Å². The van der Waals surface area contributed by atoms with E-state index in [0.717, 1.165) is 18.4 Å². The molecule has 0 aliphatic heterocycles. The zero-order chi connectivity index (χ0) is 9.52. The molecule has 0 fully saturated rings. The SMILES string of the molecule is O=C([O-])CCCCc1cccnc1. The molecule has 0 aromatic carbocycles. The lowest BCUT2D eigenvalue weighted by atomic mass is 10.1. The summed E-state index contributed by atoms with van der Waals surface area (Å²) >= 11 is 0. The number of aliphatic carboxylic acids is 1. The van der Waals surface area contributed by atoms with Gasteiger partial charge in [-0.1, -0.05) is 6.07 Å². The van der Waals surface area contributed by atoms with Crippen molar-refractivity contribution in [2.75, 3.05) is 0 Å². The first kappa shape index (κ1) is 9.71. The number of rotatable bonds is 5. The molecule has 1 heterocycles. The lowest BCUT2D eigenvalue weighted by Gasteiger charge is -2.01. The Morgan fingerprint density at radius 2 is 2.31 bits per heavy atom. The van der Waals surface area contributed by atoms with Crippen LogP contribution in [0.1, 0.15) is 24.8 Å². The first-order valence-electron chi connectivity index (χ1n) is 4.38. The van der Waals surface area contributed by atoms with Gasteiger partial charge in [0.05, 0.1) is 0 Å². The number of nitrogens with zero attached hydrogens (tertiary/aromatic N) is 1. The largest absolute Gasteiger partial charge is 0.550 e. The van der Waals surface area contributed by atoms with E-state index in [1.807, 2.05) is 12.1 Å². The van der Waals surface area contributed by atoms with Gasteiger partial charge < -0.3 is 9.90 Å². The molecule has 0 N–H and O–H groups in total. The van der Waals surface area contributed by atoms with E-state index in [0.29, 0.717) is 6.42 Å². The van der Waals surface area contributed by atoms with Crippen molar-refractivity contribution in [2.24, 2.45) is 0 Å². The number of carboxylic acid groups (broad SMARTS) is 1. The van der Waals surface area contributed by atoms with Crippen molar-refractivity contribution >= 4 is 5.97 Å². The van der Waals surface area contributed by atoms with Crippen molar-refractivity contribution in [1.82, 2.24) is 4.98 Å². The predicted octanol–water partition coefficient (Wildman–Crippen LogP) is 0.544. The molecule has 3 heteroatoms. The molecule has 0 aliphatic carbocycles. The maximum atomic E-state index is 10.1. The number of aromatic nitrogens is 1. The third-order valence-electron chi connectivity index (χ3n) is 1.82. The quantitative estimate of drug-likeness (QED) is 0.618. The monoisotopic (exact) mass is 178 g/mol. The highest BCUT2D eigenvalue weighted by Crippen LogP contribution is 2.04. The van der Waals surface area contributed by atoms with Crippen LogP contribution in [0.2, 0.25) is 0 Å². The second-order valence-corrected chi connectivity index (χ2v) is 2.94. The number of aryl methyl sites for hydroxylation is 1. The third-order valence-corrected chi connectivity index (χ3v) is 1.82. The maximum Gasteiger partial charge on any atom is 0.0414 e. The fourth-order valence-electron chi connectivity index (χ4n) is 1.14. The Morgan fingerprint density at radius 3 is 2.92 bits per heavy atom. The zero-order valence-corrected chi connectivity index (χ0v) is 7.40. The van der Waals surface area contributed by atoms with E-state index in [1.54, 1.807) is 12.4 Å². The van der Waals surface area contributed by atoms with Crippen molar-refractivity contribution in [3.05, 3.63) is 30.1 Å². The van der Waals surface area contributed by atoms with Gasteiger partial charge in [0.2, 0.25) is 0 Å². The average molecular weight is 178 g/mol. The average Bonchev–Trinajstić information content (AvgIpc) is 2.14. The van der Waals surface area contributed by atoms with E-state index < -0.39 is 5.97 Å². The molecule has 0 aliphatic rings. The van der Waals surface area contributed by atoms with Crippen LogP contribution in [0.15, 0.2) is 24.5 Å². The summed E-state index contributed by atoms with van der Waals surface area (Å²) in [7, 11) is 0. The number of carbonyl (C=O) groups excluding carboxylic acids is 1. The molecular weight excluding hydrogens is 166 g/mol. The topological polar surface area (TPSA) is 53.0 Å². The number of hydrogen-bond donors (Lipinski definition) is 0. The maximum absolute atomic E-state index is 10.1. The van der Waals surface area contributed by atoms with Gasteiger partial charge in [-0.25, -0.2) is 0 Å². The van der Waals surface area contributed by atoms with Gasteiger partial charge in [-0.15, -0.1) is 0 Å². The van der Waals surface area contributed by atoms with E-state index in [2.05, 4.69) is 4.98 Å². The molecule has 1 aromatic rings. The zero-order valence-electron chi connectivity index (χ0n) is 7.40. The Morgan fingerprint density at radius 1 is 1.46 bits per heavy atom. The van der Waals surface area contributed by atoms with Crippen molar-refractivity contribution in [1.29, 1.82) is 0 Å². The molecule has 0 radical (unpaired) electrons. The van der Waals surface area contributed by atoms with E-state index >= 15 is 0 Å². The van der Waals surface area contributed by atoms with Gasteiger partial charge in [-0.3, -0.25) is 4.98 Å². The van der Waals surface area contributed by atoms with Gasteiger partial charge in [0, 0.05) is 18.4 Å². The number of hydrogen-bond acceptors (Lipinski definition) is 3. The van der Waals surface area contributed by atoms with Crippen LogP contribution in [-0.4, -0.2) is 11.0 Å². The Labute approximate surface area is 77.4 Å². The lowest BCUT2D eigenvalue weighted by molar-refractivity contribution is -0.305. The molecule has 0 saturated heterocycles. The standard InChI is InChI=1S/C10H13NO2/c12-10(13)6-2-1-4-9-5-3-7-11-8-9/h3,5,7-8H,1-2,4,6H2,(H,12,13)/p-1. The molecule has 0 saturated carbocycles. The van der Waals surface area contributed by atoms with Gasteiger partial charge in [0.15, 0.2) is 0 Å². The van der Waals surface area contributed by atoms with Gasteiger partial charge in [0.1, 0.15) is 0 Å². The second-order valence-electron chi connectivity index (χ2n) is 2.94. The van der Waals surface area contributed by atoms with Crippen LogP contribution in [-0.2, 0) is 11.2 Å². The number of carboxylic acids is 1. The molecule has 0 bridgehead atoms. The van der Waals surface area contributed by atoms with Crippen LogP contribution in [0.25, 0.3) is 0 Å². The smallest absolute Gasteiger partial charge is 0.0414 e. The molecule has 70 valence electrons. The minimum absolute atomic E-state index is 0.153. The number of carbonyl (C=O) groups is 1. The first-order chi connectivity index (χ1) is 6.29. The summed E-state index contributed by atoms with van der Waals surface area (Å²) in [5, 5.41) is 10.1. The van der Waals surface area contributed by atoms with E-state index in [4.69, 9.17) is 0 Å². The molecule has 13 heavy (non-hydrogen) atoms. The van der Waals surface area contributed by atoms with Crippen molar-refractivity contribution in [3.8, 4) is 0 Å². The lowest BCUT2D eigenvalue weighted by Crippen LogP contribution is -2.21. The minimum atomic E-state index is -0.966. The fourth-order valence-corrected chi connectivity index (χ4v) is 1.14. The highest BCUT2D eigenvalue weighted by atomic mass is 16.4. The summed E-state index contributed by atoms with van der Waals surface area (Å²) in [5.41, 5.74) is 1.15. The molecule has 0 unspecified atom stereocenters. The van der Waals surface area contributed by atoms with Crippen LogP contribution >= 0.6 is 0 Å². The van der Waals surface area contributed by atoms with Crippen molar-refractivity contribution in [3.63, 3.8) is 0 Å².